The Kier molecular flexibility index (Phi) is 5.62. The zero-order chi connectivity index (χ0) is 10.6. The molecule has 3 saturated heterocycles. The number of hydrogen-bond acceptors (Lipinski definition) is 4. The van der Waals surface area contributed by atoms with Gasteiger partial charge in [-0.05, 0) is 0 Å². The van der Waals surface area contributed by atoms with Gasteiger partial charge >= 0.3 is 27.7 Å². The summed E-state index contributed by atoms with van der Waals surface area (Å²) >= 11 is 0. The first-order valence-corrected chi connectivity index (χ1v) is 6.65. The van der Waals surface area contributed by atoms with E-state index in [0.717, 1.165) is 19.6 Å². The fraction of sp³-hybridized carbons (Fsp3) is 0.600. The topological polar surface area (TPSA) is 30.9 Å². The molecular weight excluding hydrogens is 217 g/mol. The van der Waals surface area contributed by atoms with E-state index in [0.29, 0.717) is 19.8 Å². The van der Waals surface area contributed by atoms with Crippen LogP contribution in [-0.2, 0) is 13.3 Å². The fourth-order valence-corrected chi connectivity index (χ4v) is 3.37. The van der Waals surface area contributed by atoms with Gasteiger partial charge in [-0.15, -0.1) is 5.54 Å². The van der Waals surface area contributed by atoms with Crippen LogP contribution in [0, 0.1) is 23.8 Å². The number of rotatable bonds is 0. The summed E-state index contributed by atoms with van der Waals surface area (Å²) in [5.74, 6) is 4.47. The molecule has 0 N–H and O–H groups in total. The second-order valence-electron chi connectivity index (χ2n) is 3.32. The average molecular weight is 229 g/mol. The molecule has 3 fully saturated rings. The van der Waals surface area contributed by atoms with Crippen LogP contribution < -0.4 is 18.9 Å². The van der Waals surface area contributed by atoms with Crippen molar-refractivity contribution in [3.05, 3.63) is 6.42 Å². The minimum atomic E-state index is -2.82. The molecule has 6 heteroatoms. The Labute approximate surface area is 109 Å². The molecule has 0 aromatic rings. The predicted molar refractivity (Wildman–Crippen MR) is 55.0 cm³/mol. The Bertz CT molecular complexity index is 307. The van der Waals surface area contributed by atoms with Crippen molar-refractivity contribution in [1.29, 1.82) is 0 Å². The summed E-state index contributed by atoms with van der Waals surface area (Å²) in [6, 6.07) is 0. The van der Waals surface area contributed by atoms with Crippen molar-refractivity contribution in [1.82, 2.24) is 4.90 Å². The molecule has 3 aliphatic heterocycles. The molecular formula is C10H12LiNO3Si. The standard InChI is InChI=1S/C10H12NO3Si.Li/c1-2-3-10-15-12-7-4-11(5-8-13-15)6-9-14-15;/h4-9H2;/q-1;+1. The van der Waals surface area contributed by atoms with Gasteiger partial charge in [-0.3, -0.25) is 16.7 Å². The smallest absolute Gasteiger partial charge is 0.364 e. The Morgan fingerprint density at radius 1 is 1.00 bits per heavy atom. The monoisotopic (exact) mass is 229 g/mol. The van der Waals surface area contributed by atoms with Crippen LogP contribution in [0.3, 0.4) is 0 Å². The van der Waals surface area contributed by atoms with Crippen LogP contribution in [-0.4, -0.2) is 53.2 Å². The third-order valence-electron chi connectivity index (χ3n) is 2.38. The van der Waals surface area contributed by atoms with Crippen molar-refractivity contribution in [2.75, 3.05) is 39.5 Å². The molecule has 0 aliphatic carbocycles. The predicted octanol–water partition coefficient (Wildman–Crippen LogP) is -3.56. The van der Waals surface area contributed by atoms with E-state index in [9.17, 15) is 0 Å². The second kappa shape index (κ2) is 6.50. The zero-order valence-electron chi connectivity index (χ0n) is 9.41. The van der Waals surface area contributed by atoms with Crippen molar-refractivity contribution in [3.63, 3.8) is 0 Å². The molecule has 3 aliphatic rings. The van der Waals surface area contributed by atoms with Gasteiger partial charge in [0, 0.05) is 19.6 Å². The molecule has 0 aromatic carbocycles. The van der Waals surface area contributed by atoms with Crippen molar-refractivity contribution < 1.29 is 32.1 Å². The molecule has 3 heterocycles. The molecule has 0 aromatic heterocycles. The minimum Gasteiger partial charge on any atom is -0.364 e. The fourth-order valence-electron chi connectivity index (χ4n) is 1.60. The maximum Gasteiger partial charge on any atom is 1.00 e. The Balaban J connectivity index is 0.00000128. The van der Waals surface area contributed by atoms with Crippen LogP contribution in [0.1, 0.15) is 0 Å². The van der Waals surface area contributed by atoms with Crippen LogP contribution in [0.25, 0.3) is 0 Å². The van der Waals surface area contributed by atoms with Crippen LogP contribution in [0.2, 0.25) is 0 Å². The van der Waals surface area contributed by atoms with E-state index in [1.54, 1.807) is 0 Å². The zero-order valence-corrected chi connectivity index (χ0v) is 10.4. The van der Waals surface area contributed by atoms with Crippen LogP contribution in [0.15, 0.2) is 0 Å². The normalized spacial score (nSPS) is 33.1. The second-order valence-corrected chi connectivity index (χ2v) is 5.55. The summed E-state index contributed by atoms with van der Waals surface area (Å²) in [6.07, 6.45) is 6.77. The Hall–Kier alpha value is -0.226. The van der Waals surface area contributed by atoms with Gasteiger partial charge in [0.2, 0.25) is 0 Å². The first-order chi connectivity index (χ1) is 7.35. The first-order valence-electron chi connectivity index (χ1n) is 4.93. The summed E-state index contributed by atoms with van der Waals surface area (Å²) in [6.45, 7) is 4.45. The summed E-state index contributed by atoms with van der Waals surface area (Å²) in [7, 11) is -2.82. The van der Waals surface area contributed by atoms with Crippen LogP contribution in [0.4, 0.5) is 0 Å². The van der Waals surface area contributed by atoms with Gasteiger partial charge in [0.25, 0.3) is 0 Å². The SMILES string of the molecule is [C-]#CC#C[Si]12OCCN(CCO1)CCO2.[Li+]. The minimum absolute atomic E-state index is 0. The van der Waals surface area contributed by atoms with Gasteiger partial charge in [0.05, 0.1) is 19.8 Å². The third-order valence-corrected chi connectivity index (χ3v) is 4.56. The van der Waals surface area contributed by atoms with Crippen molar-refractivity contribution in [2.45, 2.75) is 0 Å². The van der Waals surface area contributed by atoms with Gasteiger partial charge in [-0.25, -0.2) is 0 Å². The maximum absolute atomic E-state index is 6.77. The average Bonchev–Trinajstić information content (AvgIpc) is 2.14. The van der Waals surface area contributed by atoms with Gasteiger partial charge in [0.1, 0.15) is 0 Å². The number of hydrogen-bond donors (Lipinski definition) is 0. The molecule has 2 bridgehead atoms. The Morgan fingerprint density at radius 3 is 1.94 bits per heavy atom. The van der Waals surface area contributed by atoms with Gasteiger partial charge < -0.3 is 19.7 Å². The molecule has 0 radical (unpaired) electrons. The maximum atomic E-state index is 6.77. The Morgan fingerprint density at radius 2 is 1.50 bits per heavy atom. The molecule has 0 spiro atoms. The molecule has 4 nitrogen and oxygen atoms in total. The summed E-state index contributed by atoms with van der Waals surface area (Å²) in [5.41, 5.74) is 2.78. The van der Waals surface area contributed by atoms with Gasteiger partial charge in [0.15, 0.2) is 0 Å². The van der Waals surface area contributed by atoms with Crippen LogP contribution >= 0.6 is 0 Å². The van der Waals surface area contributed by atoms with Crippen LogP contribution in [0.5, 0.6) is 0 Å². The largest absolute Gasteiger partial charge is 1.00 e. The van der Waals surface area contributed by atoms with Crippen molar-refractivity contribution in [2.24, 2.45) is 0 Å². The number of fused-ring (bicyclic) bond motifs is 6. The molecule has 0 saturated carbocycles. The molecule has 3 rings (SSSR count). The van der Waals surface area contributed by atoms with Crippen molar-refractivity contribution in [3.8, 4) is 17.4 Å². The molecule has 0 unspecified atom stereocenters. The van der Waals surface area contributed by atoms with Gasteiger partial charge in [-0.2, -0.15) is 0 Å². The van der Waals surface area contributed by atoms with E-state index in [2.05, 4.69) is 16.4 Å². The third kappa shape index (κ3) is 3.38. The molecule has 0 atom stereocenters. The molecule has 80 valence electrons. The first kappa shape index (κ1) is 13.8. The number of nitrogens with zero attached hydrogens (tertiary/aromatic N) is 1. The quantitative estimate of drug-likeness (QED) is 0.244. The van der Waals surface area contributed by atoms with Gasteiger partial charge in [-0.1, -0.05) is 0 Å². The van der Waals surface area contributed by atoms with E-state index >= 15 is 0 Å². The van der Waals surface area contributed by atoms with E-state index in [-0.39, 0.29) is 18.9 Å². The van der Waals surface area contributed by atoms with E-state index in [1.165, 1.54) is 0 Å². The van der Waals surface area contributed by atoms with Crippen molar-refractivity contribution >= 4 is 8.80 Å². The van der Waals surface area contributed by atoms with E-state index in [4.69, 9.17) is 19.7 Å². The van der Waals surface area contributed by atoms with E-state index in [1.807, 2.05) is 5.92 Å². The molecule has 0 amide bonds. The molecule has 16 heavy (non-hydrogen) atoms. The summed E-state index contributed by atoms with van der Waals surface area (Å²) < 4.78 is 16.8. The summed E-state index contributed by atoms with van der Waals surface area (Å²) in [4.78, 5) is 2.24. The summed E-state index contributed by atoms with van der Waals surface area (Å²) in [5, 5.41) is 0. The van der Waals surface area contributed by atoms with E-state index < -0.39 is 8.80 Å².